The molecule has 0 aliphatic rings. The van der Waals surface area contributed by atoms with Gasteiger partial charge in [-0.15, -0.1) is 0 Å². The van der Waals surface area contributed by atoms with Crippen LogP contribution in [0.1, 0.15) is 12.5 Å². The average molecular weight is 321 g/mol. The van der Waals surface area contributed by atoms with Crippen molar-refractivity contribution in [2.24, 2.45) is 5.10 Å². The van der Waals surface area contributed by atoms with E-state index in [-0.39, 0.29) is 6.61 Å². The number of ether oxygens (including phenoxy) is 1. The van der Waals surface area contributed by atoms with E-state index in [1.165, 1.54) is 6.07 Å². The highest BCUT2D eigenvalue weighted by Crippen LogP contribution is 2.15. The zero-order valence-corrected chi connectivity index (χ0v) is 12.6. The topological polar surface area (TPSA) is 50.7 Å². The SMILES string of the molecule is CC(=NNC(=O)COc1ccc(Cl)cc1)c1ccccc1F. The van der Waals surface area contributed by atoms with Gasteiger partial charge in [0.15, 0.2) is 6.61 Å². The molecule has 0 radical (unpaired) electrons. The molecule has 1 amide bonds. The Kier molecular flexibility index (Phi) is 5.49. The van der Waals surface area contributed by atoms with Crippen molar-refractivity contribution in [1.29, 1.82) is 0 Å². The maximum absolute atomic E-state index is 13.5. The van der Waals surface area contributed by atoms with Crippen LogP contribution in [-0.4, -0.2) is 18.2 Å². The smallest absolute Gasteiger partial charge is 0.277 e. The quantitative estimate of drug-likeness (QED) is 0.678. The number of carbonyl (C=O) groups is 1. The maximum Gasteiger partial charge on any atom is 0.277 e. The van der Waals surface area contributed by atoms with Crippen molar-refractivity contribution in [3.63, 3.8) is 0 Å². The van der Waals surface area contributed by atoms with Crippen LogP contribution < -0.4 is 10.2 Å². The van der Waals surface area contributed by atoms with Crippen molar-refractivity contribution in [2.45, 2.75) is 6.92 Å². The summed E-state index contributed by atoms with van der Waals surface area (Å²) in [4.78, 5) is 11.6. The highest BCUT2D eigenvalue weighted by Gasteiger charge is 2.06. The fraction of sp³-hybridized carbons (Fsp3) is 0.125. The predicted octanol–water partition coefficient (Wildman–Crippen LogP) is 3.40. The summed E-state index contributed by atoms with van der Waals surface area (Å²) in [5.41, 5.74) is 3.03. The minimum absolute atomic E-state index is 0.199. The molecule has 6 heteroatoms. The Morgan fingerprint density at radius 3 is 2.59 bits per heavy atom. The standard InChI is InChI=1S/C16H14ClFN2O2/c1-11(14-4-2-3-5-15(14)18)19-20-16(21)10-22-13-8-6-12(17)7-9-13/h2-9H,10H2,1H3,(H,20,21). The van der Waals surface area contributed by atoms with E-state index in [0.717, 1.165) is 0 Å². The minimum atomic E-state index is -0.439. The Morgan fingerprint density at radius 2 is 1.91 bits per heavy atom. The van der Waals surface area contributed by atoms with Crippen molar-refractivity contribution in [2.75, 3.05) is 6.61 Å². The fourth-order valence-corrected chi connectivity index (χ4v) is 1.80. The number of benzene rings is 2. The van der Waals surface area contributed by atoms with Gasteiger partial charge in [0.1, 0.15) is 11.6 Å². The van der Waals surface area contributed by atoms with E-state index in [2.05, 4.69) is 10.5 Å². The second kappa shape index (κ2) is 7.56. The molecule has 2 aromatic rings. The van der Waals surface area contributed by atoms with E-state index >= 15 is 0 Å². The number of carbonyl (C=O) groups excluding carboxylic acids is 1. The lowest BCUT2D eigenvalue weighted by Gasteiger charge is -2.06. The molecule has 2 rings (SSSR count). The Bertz CT molecular complexity index is 687. The van der Waals surface area contributed by atoms with Gasteiger partial charge in [0.2, 0.25) is 0 Å². The number of hydrogen-bond acceptors (Lipinski definition) is 3. The first kappa shape index (κ1) is 16.0. The molecule has 0 aliphatic heterocycles. The van der Waals surface area contributed by atoms with E-state index in [9.17, 15) is 9.18 Å². The molecule has 0 spiro atoms. The first-order valence-electron chi connectivity index (χ1n) is 6.52. The van der Waals surface area contributed by atoms with Crippen molar-refractivity contribution < 1.29 is 13.9 Å². The van der Waals surface area contributed by atoms with Crippen LogP contribution in [0.2, 0.25) is 5.02 Å². The number of hydrazone groups is 1. The third-order valence-corrected chi connectivity index (χ3v) is 3.05. The van der Waals surface area contributed by atoms with Gasteiger partial charge in [-0.3, -0.25) is 4.79 Å². The third-order valence-electron chi connectivity index (χ3n) is 2.80. The molecule has 2 aromatic carbocycles. The summed E-state index contributed by atoms with van der Waals surface area (Å²) in [6, 6.07) is 12.8. The molecule has 114 valence electrons. The molecule has 0 unspecified atom stereocenters. The molecule has 1 N–H and O–H groups in total. The first-order chi connectivity index (χ1) is 10.6. The fourth-order valence-electron chi connectivity index (χ4n) is 1.67. The van der Waals surface area contributed by atoms with Gasteiger partial charge in [0, 0.05) is 10.6 Å². The molecule has 0 saturated carbocycles. The number of halogens is 2. The molecule has 0 atom stereocenters. The van der Waals surface area contributed by atoms with Gasteiger partial charge >= 0.3 is 0 Å². The van der Waals surface area contributed by atoms with Crippen LogP contribution in [0.5, 0.6) is 5.75 Å². The van der Waals surface area contributed by atoms with Crippen molar-refractivity contribution >= 4 is 23.2 Å². The summed E-state index contributed by atoms with van der Waals surface area (Å²) in [7, 11) is 0. The van der Waals surface area contributed by atoms with Gasteiger partial charge < -0.3 is 4.74 Å². The second-order valence-corrected chi connectivity index (χ2v) is 4.89. The molecule has 4 nitrogen and oxygen atoms in total. The maximum atomic E-state index is 13.5. The van der Waals surface area contributed by atoms with Gasteiger partial charge in [-0.25, -0.2) is 9.82 Å². The highest BCUT2D eigenvalue weighted by atomic mass is 35.5. The lowest BCUT2D eigenvalue weighted by atomic mass is 10.1. The minimum Gasteiger partial charge on any atom is -0.484 e. The van der Waals surface area contributed by atoms with Crippen LogP contribution in [0.3, 0.4) is 0 Å². The first-order valence-corrected chi connectivity index (χ1v) is 6.90. The number of nitrogens with one attached hydrogen (secondary N) is 1. The summed E-state index contributed by atoms with van der Waals surface area (Å²) in [5.74, 6) is -0.310. The predicted molar refractivity (Wildman–Crippen MR) is 83.7 cm³/mol. The largest absolute Gasteiger partial charge is 0.484 e. The molecule has 0 saturated heterocycles. The van der Waals surface area contributed by atoms with Gasteiger partial charge in [0.05, 0.1) is 5.71 Å². The lowest BCUT2D eigenvalue weighted by molar-refractivity contribution is -0.123. The summed E-state index contributed by atoms with van der Waals surface area (Å²) in [6.07, 6.45) is 0. The van der Waals surface area contributed by atoms with Gasteiger partial charge in [-0.1, -0.05) is 29.8 Å². The van der Waals surface area contributed by atoms with Crippen LogP contribution >= 0.6 is 11.6 Å². The number of nitrogens with zero attached hydrogens (tertiary/aromatic N) is 1. The van der Waals surface area contributed by atoms with Crippen LogP contribution in [0.25, 0.3) is 0 Å². The van der Waals surface area contributed by atoms with E-state index in [0.29, 0.717) is 22.0 Å². The molecule has 0 aromatic heterocycles. The molecule has 0 bridgehead atoms. The Labute approximate surface area is 132 Å². The lowest BCUT2D eigenvalue weighted by Crippen LogP contribution is -2.25. The Balaban J connectivity index is 1.88. The van der Waals surface area contributed by atoms with Crippen molar-refractivity contribution in [3.8, 4) is 5.75 Å². The second-order valence-electron chi connectivity index (χ2n) is 4.45. The average Bonchev–Trinajstić information content (AvgIpc) is 2.52. The monoisotopic (exact) mass is 320 g/mol. The molecule has 0 aliphatic carbocycles. The van der Waals surface area contributed by atoms with Crippen molar-refractivity contribution in [1.82, 2.24) is 5.43 Å². The van der Waals surface area contributed by atoms with Gasteiger partial charge in [-0.05, 0) is 37.3 Å². The zero-order valence-electron chi connectivity index (χ0n) is 11.8. The van der Waals surface area contributed by atoms with Crippen LogP contribution in [-0.2, 0) is 4.79 Å². The highest BCUT2D eigenvalue weighted by molar-refractivity contribution is 6.30. The summed E-state index contributed by atoms with van der Waals surface area (Å²) >= 11 is 5.75. The zero-order chi connectivity index (χ0) is 15.9. The van der Waals surface area contributed by atoms with E-state index in [1.807, 2.05) is 0 Å². The molecular weight excluding hydrogens is 307 g/mol. The number of amides is 1. The third kappa shape index (κ3) is 4.56. The molecule has 22 heavy (non-hydrogen) atoms. The normalized spacial score (nSPS) is 11.1. The number of rotatable bonds is 5. The summed E-state index contributed by atoms with van der Waals surface area (Å²) in [5, 5.41) is 4.44. The van der Waals surface area contributed by atoms with Crippen LogP contribution in [0, 0.1) is 5.82 Å². The Hall–Kier alpha value is -2.40. The van der Waals surface area contributed by atoms with Crippen LogP contribution in [0.15, 0.2) is 53.6 Å². The Morgan fingerprint density at radius 1 is 1.23 bits per heavy atom. The molecular formula is C16H14ClFN2O2. The molecule has 0 fully saturated rings. The van der Waals surface area contributed by atoms with Crippen molar-refractivity contribution in [3.05, 3.63) is 64.9 Å². The van der Waals surface area contributed by atoms with Gasteiger partial charge in [-0.2, -0.15) is 5.10 Å². The van der Waals surface area contributed by atoms with E-state index in [1.54, 1.807) is 49.4 Å². The van der Waals surface area contributed by atoms with Gasteiger partial charge in [0.25, 0.3) is 5.91 Å². The van der Waals surface area contributed by atoms with Crippen LogP contribution in [0.4, 0.5) is 4.39 Å². The summed E-state index contributed by atoms with van der Waals surface area (Å²) < 4.78 is 18.8. The number of hydrogen-bond donors (Lipinski definition) is 1. The van der Waals surface area contributed by atoms with E-state index in [4.69, 9.17) is 16.3 Å². The summed E-state index contributed by atoms with van der Waals surface area (Å²) in [6.45, 7) is 1.41. The molecule has 0 heterocycles. The van der Waals surface area contributed by atoms with E-state index < -0.39 is 11.7 Å².